The highest BCUT2D eigenvalue weighted by atomic mass is 32.2. The molecule has 4 nitrogen and oxygen atoms in total. The van der Waals surface area contributed by atoms with Crippen molar-refractivity contribution >= 4 is 11.8 Å². The van der Waals surface area contributed by atoms with Crippen LogP contribution in [0.25, 0.3) is 0 Å². The monoisotopic (exact) mass is 288 g/mol. The summed E-state index contributed by atoms with van der Waals surface area (Å²) in [5.41, 5.74) is 2.05. The second-order valence-electron chi connectivity index (χ2n) is 3.98. The van der Waals surface area contributed by atoms with Gasteiger partial charge in [0.05, 0.1) is 13.7 Å². The van der Waals surface area contributed by atoms with Gasteiger partial charge in [-0.15, -0.1) is 0 Å². The van der Waals surface area contributed by atoms with E-state index in [2.05, 4.69) is 21.8 Å². The van der Waals surface area contributed by atoms with Crippen molar-refractivity contribution in [2.45, 2.75) is 17.3 Å². The van der Waals surface area contributed by atoms with Crippen LogP contribution in [-0.4, -0.2) is 28.8 Å². The Balaban J connectivity index is 2.16. The van der Waals surface area contributed by atoms with Crippen LogP contribution < -0.4 is 4.74 Å². The number of hydrogen-bond acceptors (Lipinski definition) is 4. The van der Waals surface area contributed by atoms with E-state index in [0.717, 1.165) is 27.8 Å². The van der Waals surface area contributed by atoms with Gasteiger partial charge in [0.25, 0.3) is 0 Å². The van der Waals surface area contributed by atoms with Crippen molar-refractivity contribution in [3.63, 3.8) is 0 Å². The van der Waals surface area contributed by atoms with Gasteiger partial charge in [0.1, 0.15) is 5.75 Å². The lowest BCUT2D eigenvalue weighted by Gasteiger charge is -2.06. The minimum atomic E-state index is 0.0830. The summed E-state index contributed by atoms with van der Waals surface area (Å²) in [5, 5.41) is 9.66. The molecule has 0 aliphatic rings. The molecule has 0 aliphatic heterocycles. The number of ether oxygens (including phenoxy) is 1. The molecule has 0 aliphatic carbocycles. The van der Waals surface area contributed by atoms with E-state index in [0.29, 0.717) is 6.42 Å². The van der Waals surface area contributed by atoms with E-state index in [1.54, 1.807) is 31.3 Å². The molecule has 2 aromatic rings. The molecule has 0 atom stereocenters. The van der Waals surface area contributed by atoms with Crippen LogP contribution in [0.5, 0.6) is 5.75 Å². The van der Waals surface area contributed by atoms with Crippen molar-refractivity contribution in [1.82, 2.24) is 9.97 Å². The first-order valence-corrected chi connectivity index (χ1v) is 7.21. The van der Waals surface area contributed by atoms with Gasteiger partial charge in [-0.1, -0.05) is 23.6 Å². The maximum atomic E-state index is 8.79. The van der Waals surface area contributed by atoms with Crippen molar-refractivity contribution in [2.75, 3.05) is 13.7 Å². The van der Waals surface area contributed by atoms with Crippen molar-refractivity contribution in [1.29, 1.82) is 0 Å². The molecule has 1 heterocycles. The van der Waals surface area contributed by atoms with Crippen LogP contribution in [0.1, 0.15) is 17.5 Å². The first-order valence-electron chi connectivity index (χ1n) is 6.22. The molecule has 2 rings (SSSR count). The van der Waals surface area contributed by atoms with Crippen LogP contribution in [0.3, 0.4) is 0 Å². The summed E-state index contributed by atoms with van der Waals surface area (Å²) in [6, 6.07) is 5.82. The normalized spacial score (nSPS) is 9.90. The summed E-state index contributed by atoms with van der Waals surface area (Å²) in [7, 11) is 1.65. The number of methoxy groups -OCH3 is 1. The minimum Gasteiger partial charge on any atom is -0.497 e. The second-order valence-corrected chi connectivity index (χ2v) is 4.95. The highest BCUT2D eigenvalue weighted by molar-refractivity contribution is 7.98. The van der Waals surface area contributed by atoms with E-state index in [1.807, 2.05) is 18.2 Å². The topological polar surface area (TPSA) is 58.1 Å². The summed E-state index contributed by atoms with van der Waals surface area (Å²) in [5.74, 6) is 7.61. The zero-order chi connectivity index (χ0) is 14.2. The number of aliphatic hydroxyl groups excluding tert-OH is 1. The average molecular weight is 288 g/mol. The number of aliphatic hydroxyl groups is 1. The lowest BCUT2D eigenvalue weighted by Crippen LogP contribution is -1.91. The molecule has 0 saturated heterocycles. The number of nitrogens with one attached hydrogen (secondary N) is 1. The predicted octanol–water partition coefficient (Wildman–Crippen LogP) is 2.44. The Kier molecular flexibility index (Phi) is 5.54. The number of aromatic nitrogens is 2. The van der Waals surface area contributed by atoms with E-state index in [1.165, 1.54) is 0 Å². The smallest absolute Gasteiger partial charge is 0.165 e. The molecular weight excluding hydrogens is 272 g/mol. The Morgan fingerprint density at radius 1 is 1.45 bits per heavy atom. The predicted molar refractivity (Wildman–Crippen MR) is 79.7 cm³/mol. The maximum absolute atomic E-state index is 8.79. The SMILES string of the molecule is COc1ccc(C#CCCO)c(CSc2ncc[nH]2)c1. The van der Waals surface area contributed by atoms with Crippen LogP contribution in [0, 0.1) is 11.8 Å². The maximum Gasteiger partial charge on any atom is 0.165 e. The van der Waals surface area contributed by atoms with Gasteiger partial charge < -0.3 is 14.8 Å². The quantitative estimate of drug-likeness (QED) is 0.655. The van der Waals surface area contributed by atoms with Crippen molar-refractivity contribution < 1.29 is 9.84 Å². The Labute approximate surface area is 122 Å². The third kappa shape index (κ3) is 4.05. The zero-order valence-electron chi connectivity index (χ0n) is 11.2. The van der Waals surface area contributed by atoms with E-state index in [9.17, 15) is 0 Å². The number of benzene rings is 1. The second kappa shape index (κ2) is 7.63. The van der Waals surface area contributed by atoms with E-state index in [4.69, 9.17) is 9.84 Å². The van der Waals surface area contributed by atoms with Gasteiger partial charge in [-0.3, -0.25) is 0 Å². The molecular formula is C15H16N2O2S. The van der Waals surface area contributed by atoms with Gasteiger partial charge in [0.15, 0.2) is 5.16 Å². The van der Waals surface area contributed by atoms with Gasteiger partial charge in [0, 0.05) is 30.1 Å². The summed E-state index contributed by atoms with van der Waals surface area (Å²) >= 11 is 1.61. The molecule has 0 bridgehead atoms. The molecule has 5 heteroatoms. The number of aromatic amines is 1. The summed E-state index contributed by atoms with van der Waals surface area (Å²) in [4.78, 5) is 7.25. The number of thioether (sulfide) groups is 1. The Morgan fingerprint density at radius 3 is 3.05 bits per heavy atom. The molecule has 104 valence electrons. The highest BCUT2D eigenvalue weighted by Gasteiger charge is 2.05. The molecule has 20 heavy (non-hydrogen) atoms. The van der Waals surface area contributed by atoms with E-state index < -0.39 is 0 Å². The van der Waals surface area contributed by atoms with E-state index in [-0.39, 0.29) is 6.61 Å². The fraction of sp³-hybridized carbons (Fsp3) is 0.267. The van der Waals surface area contributed by atoms with Crippen LogP contribution in [0.4, 0.5) is 0 Å². The summed E-state index contributed by atoms with van der Waals surface area (Å²) < 4.78 is 5.25. The number of imidazole rings is 1. The molecule has 0 fully saturated rings. The third-order valence-corrected chi connectivity index (χ3v) is 3.56. The minimum absolute atomic E-state index is 0.0830. The van der Waals surface area contributed by atoms with Gasteiger partial charge >= 0.3 is 0 Å². The number of hydrogen-bond donors (Lipinski definition) is 2. The molecule has 1 aromatic carbocycles. The van der Waals surface area contributed by atoms with E-state index >= 15 is 0 Å². The Hall–Kier alpha value is -1.90. The Morgan fingerprint density at radius 2 is 2.35 bits per heavy atom. The number of nitrogens with zero attached hydrogens (tertiary/aromatic N) is 1. The van der Waals surface area contributed by atoms with Crippen LogP contribution in [-0.2, 0) is 5.75 Å². The lowest BCUT2D eigenvalue weighted by molar-refractivity contribution is 0.305. The first-order chi connectivity index (χ1) is 9.83. The molecule has 2 N–H and O–H groups in total. The van der Waals surface area contributed by atoms with Crippen LogP contribution in [0.15, 0.2) is 35.7 Å². The largest absolute Gasteiger partial charge is 0.497 e. The van der Waals surface area contributed by atoms with Gasteiger partial charge in [-0.05, 0) is 23.8 Å². The van der Waals surface area contributed by atoms with Crippen LogP contribution >= 0.6 is 11.8 Å². The number of H-pyrrole nitrogens is 1. The fourth-order valence-corrected chi connectivity index (χ4v) is 2.45. The van der Waals surface area contributed by atoms with Crippen LogP contribution in [0.2, 0.25) is 0 Å². The first kappa shape index (κ1) is 14.5. The molecule has 0 unspecified atom stereocenters. The number of rotatable bonds is 5. The molecule has 0 amide bonds. The third-order valence-electron chi connectivity index (χ3n) is 2.61. The molecule has 1 aromatic heterocycles. The summed E-state index contributed by atoms with van der Waals surface area (Å²) in [6.07, 6.45) is 4.02. The summed E-state index contributed by atoms with van der Waals surface area (Å²) in [6.45, 7) is 0.0830. The molecule has 0 spiro atoms. The molecule has 0 saturated carbocycles. The lowest BCUT2D eigenvalue weighted by atomic mass is 10.1. The van der Waals surface area contributed by atoms with Gasteiger partial charge in [-0.25, -0.2) is 4.98 Å². The van der Waals surface area contributed by atoms with Gasteiger partial charge in [0.2, 0.25) is 0 Å². The van der Waals surface area contributed by atoms with Crippen molar-refractivity contribution in [3.05, 3.63) is 41.7 Å². The van der Waals surface area contributed by atoms with Crippen molar-refractivity contribution in [3.8, 4) is 17.6 Å². The zero-order valence-corrected chi connectivity index (χ0v) is 12.0. The average Bonchev–Trinajstić information content (AvgIpc) is 2.99. The standard InChI is InChI=1S/C15H16N2O2S/c1-19-14-6-5-12(4-2-3-9-18)13(10-14)11-20-15-16-7-8-17-15/h5-8,10,18H,3,9,11H2,1H3,(H,16,17). The fourth-order valence-electron chi connectivity index (χ4n) is 1.63. The van der Waals surface area contributed by atoms with Gasteiger partial charge in [-0.2, -0.15) is 0 Å². The highest BCUT2D eigenvalue weighted by Crippen LogP contribution is 2.24. The molecule has 0 radical (unpaired) electrons. The Bertz CT molecular complexity index is 600. The van der Waals surface area contributed by atoms with Crippen molar-refractivity contribution in [2.24, 2.45) is 0 Å².